The summed E-state index contributed by atoms with van der Waals surface area (Å²) in [6.45, 7) is 3.24. The van der Waals surface area contributed by atoms with Gasteiger partial charge in [0.05, 0.1) is 0 Å². The minimum Gasteiger partial charge on any atom is -0.309 e. The van der Waals surface area contributed by atoms with E-state index in [1.54, 1.807) is 0 Å². The molecule has 3 heteroatoms. The molecule has 20 heavy (non-hydrogen) atoms. The summed E-state index contributed by atoms with van der Waals surface area (Å²) >= 11 is 8.13. The molecule has 0 saturated heterocycles. The third-order valence-electron chi connectivity index (χ3n) is 4.25. The topological polar surface area (TPSA) is 12.0 Å². The van der Waals surface area contributed by atoms with E-state index >= 15 is 0 Å². The van der Waals surface area contributed by atoms with E-state index < -0.39 is 0 Å². The van der Waals surface area contributed by atoms with Crippen LogP contribution in [0.1, 0.15) is 41.7 Å². The summed E-state index contributed by atoms with van der Waals surface area (Å²) in [7, 11) is 0. The first-order valence-corrected chi connectivity index (χ1v) is 8.56. The van der Waals surface area contributed by atoms with Crippen LogP contribution in [0.5, 0.6) is 0 Å². The third kappa shape index (κ3) is 2.93. The summed E-state index contributed by atoms with van der Waals surface area (Å²) < 4.78 is 0. The molecule has 1 aliphatic carbocycles. The molecule has 1 aromatic heterocycles. The molecular formula is C17H20ClNS. The van der Waals surface area contributed by atoms with Gasteiger partial charge in [-0.05, 0) is 53.8 Å². The lowest BCUT2D eigenvalue weighted by atomic mass is 9.76. The molecule has 0 amide bonds. The van der Waals surface area contributed by atoms with Gasteiger partial charge in [-0.3, -0.25) is 0 Å². The van der Waals surface area contributed by atoms with Crippen LogP contribution in [0, 0.1) is 0 Å². The van der Waals surface area contributed by atoms with E-state index in [1.165, 1.54) is 28.8 Å². The normalized spacial score (nSPS) is 21.7. The molecule has 0 spiro atoms. The average Bonchev–Trinajstić information content (AvgIpc) is 2.86. The number of nitrogens with one attached hydrogen (secondary N) is 1. The number of halogens is 1. The second-order valence-corrected chi connectivity index (χ2v) is 6.90. The Morgan fingerprint density at radius 2 is 2.05 bits per heavy atom. The summed E-state index contributed by atoms with van der Waals surface area (Å²) in [5.74, 6) is 0.634. The Balaban J connectivity index is 1.50. The number of hydrogen-bond acceptors (Lipinski definition) is 2. The highest BCUT2D eigenvalue weighted by molar-refractivity contribution is 7.10. The lowest BCUT2D eigenvalue weighted by Gasteiger charge is -2.36. The summed E-state index contributed by atoms with van der Waals surface area (Å²) in [6, 6.07) is 11.1. The van der Waals surface area contributed by atoms with Gasteiger partial charge >= 0.3 is 0 Å². The zero-order valence-electron chi connectivity index (χ0n) is 11.7. The molecule has 0 unspecified atom stereocenters. The van der Waals surface area contributed by atoms with Gasteiger partial charge in [0.15, 0.2) is 0 Å². The minimum absolute atomic E-state index is 0.634. The fourth-order valence-corrected chi connectivity index (χ4v) is 4.14. The van der Waals surface area contributed by atoms with Crippen molar-refractivity contribution in [1.29, 1.82) is 0 Å². The summed E-state index contributed by atoms with van der Waals surface area (Å²) in [6.07, 6.45) is 3.54. The van der Waals surface area contributed by atoms with Crippen molar-refractivity contribution in [3.05, 3.63) is 56.7 Å². The van der Waals surface area contributed by atoms with Crippen molar-refractivity contribution in [2.24, 2.45) is 0 Å². The molecule has 3 rings (SSSR count). The zero-order valence-corrected chi connectivity index (χ0v) is 13.3. The largest absolute Gasteiger partial charge is 0.309 e. The van der Waals surface area contributed by atoms with Gasteiger partial charge in [-0.25, -0.2) is 0 Å². The number of aryl methyl sites for hydroxylation is 1. The van der Waals surface area contributed by atoms with Crippen molar-refractivity contribution in [2.75, 3.05) is 0 Å². The van der Waals surface area contributed by atoms with Crippen LogP contribution in [-0.2, 0) is 13.0 Å². The maximum Gasteiger partial charge on any atom is 0.0440 e. The van der Waals surface area contributed by atoms with E-state index in [2.05, 4.69) is 35.8 Å². The minimum atomic E-state index is 0.634. The summed E-state index contributed by atoms with van der Waals surface area (Å²) in [5.41, 5.74) is 2.81. The maximum absolute atomic E-state index is 6.26. The van der Waals surface area contributed by atoms with Gasteiger partial charge in [-0.1, -0.05) is 36.7 Å². The third-order valence-corrected chi connectivity index (χ3v) is 5.56. The van der Waals surface area contributed by atoms with Gasteiger partial charge in [0.1, 0.15) is 0 Å². The second kappa shape index (κ2) is 6.30. The Bertz CT molecular complexity index is 572. The molecule has 0 aliphatic heterocycles. The molecule has 1 N–H and O–H groups in total. The molecule has 106 valence electrons. The van der Waals surface area contributed by atoms with E-state index in [0.717, 1.165) is 18.0 Å². The number of hydrogen-bond donors (Lipinski definition) is 1. The van der Waals surface area contributed by atoms with Gasteiger partial charge in [0.25, 0.3) is 0 Å². The molecule has 1 fully saturated rings. The van der Waals surface area contributed by atoms with Crippen LogP contribution >= 0.6 is 22.9 Å². The molecule has 1 saturated carbocycles. The Hall–Kier alpha value is -0.830. The van der Waals surface area contributed by atoms with Crippen molar-refractivity contribution in [1.82, 2.24) is 5.32 Å². The molecule has 1 heterocycles. The van der Waals surface area contributed by atoms with Gasteiger partial charge in [-0.2, -0.15) is 0 Å². The van der Waals surface area contributed by atoms with Crippen LogP contribution in [0.2, 0.25) is 5.02 Å². The highest BCUT2D eigenvalue weighted by atomic mass is 35.5. The SMILES string of the molecule is CCc1ccsc1CNC1CC(c2ccccc2Cl)C1. The number of rotatable bonds is 5. The lowest BCUT2D eigenvalue weighted by molar-refractivity contribution is 0.290. The zero-order chi connectivity index (χ0) is 13.9. The second-order valence-electron chi connectivity index (χ2n) is 5.49. The average molecular weight is 306 g/mol. The van der Waals surface area contributed by atoms with E-state index in [9.17, 15) is 0 Å². The van der Waals surface area contributed by atoms with Crippen LogP contribution in [0.4, 0.5) is 0 Å². The van der Waals surface area contributed by atoms with E-state index in [-0.39, 0.29) is 0 Å². The van der Waals surface area contributed by atoms with Crippen molar-refractivity contribution in [3.63, 3.8) is 0 Å². The highest BCUT2D eigenvalue weighted by Crippen LogP contribution is 2.40. The molecule has 2 aromatic rings. The first kappa shape index (κ1) is 14.1. The monoisotopic (exact) mass is 305 g/mol. The molecule has 1 aromatic carbocycles. The van der Waals surface area contributed by atoms with Crippen molar-refractivity contribution < 1.29 is 0 Å². The first-order valence-electron chi connectivity index (χ1n) is 7.31. The van der Waals surface area contributed by atoms with E-state index in [0.29, 0.717) is 12.0 Å². The Morgan fingerprint density at radius 3 is 2.80 bits per heavy atom. The molecule has 0 radical (unpaired) electrons. The maximum atomic E-state index is 6.26. The van der Waals surface area contributed by atoms with Gasteiger partial charge in [0.2, 0.25) is 0 Å². The van der Waals surface area contributed by atoms with Gasteiger partial charge < -0.3 is 5.32 Å². The van der Waals surface area contributed by atoms with Gasteiger partial charge in [0, 0.05) is 22.5 Å². The fraction of sp³-hybridized carbons (Fsp3) is 0.412. The Labute approximate surface area is 130 Å². The number of thiophene rings is 1. The first-order chi connectivity index (χ1) is 9.78. The smallest absolute Gasteiger partial charge is 0.0440 e. The van der Waals surface area contributed by atoms with Crippen LogP contribution < -0.4 is 5.32 Å². The van der Waals surface area contributed by atoms with Gasteiger partial charge in [-0.15, -0.1) is 11.3 Å². The molecular weight excluding hydrogens is 286 g/mol. The van der Waals surface area contributed by atoms with Crippen molar-refractivity contribution in [2.45, 2.75) is 44.7 Å². The molecule has 0 bridgehead atoms. The van der Waals surface area contributed by atoms with Crippen molar-refractivity contribution >= 4 is 22.9 Å². The van der Waals surface area contributed by atoms with E-state index in [4.69, 9.17) is 11.6 Å². The fourth-order valence-electron chi connectivity index (χ4n) is 2.92. The Morgan fingerprint density at radius 1 is 1.25 bits per heavy atom. The molecule has 0 atom stereocenters. The lowest BCUT2D eigenvalue weighted by Crippen LogP contribution is -2.39. The van der Waals surface area contributed by atoms with Crippen LogP contribution in [0.25, 0.3) is 0 Å². The number of benzene rings is 1. The van der Waals surface area contributed by atoms with Crippen LogP contribution in [0.15, 0.2) is 35.7 Å². The summed E-state index contributed by atoms with van der Waals surface area (Å²) in [4.78, 5) is 1.49. The van der Waals surface area contributed by atoms with E-state index in [1.807, 2.05) is 23.5 Å². The predicted molar refractivity (Wildman–Crippen MR) is 87.8 cm³/mol. The molecule has 1 aliphatic rings. The predicted octanol–water partition coefficient (Wildman–Crippen LogP) is 5.00. The Kier molecular flexibility index (Phi) is 4.45. The van der Waals surface area contributed by atoms with Crippen LogP contribution in [0.3, 0.4) is 0 Å². The standard InChI is InChI=1S/C17H20ClNS/c1-2-12-7-8-20-17(12)11-19-14-9-13(10-14)15-5-3-4-6-16(15)18/h3-8,13-14,19H,2,9-11H2,1H3. The van der Waals surface area contributed by atoms with Crippen LogP contribution in [-0.4, -0.2) is 6.04 Å². The van der Waals surface area contributed by atoms with Crippen molar-refractivity contribution in [3.8, 4) is 0 Å². The highest BCUT2D eigenvalue weighted by Gasteiger charge is 2.31. The summed E-state index contributed by atoms with van der Waals surface area (Å²) in [5, 5.41) is 6.80. The quantitative estimate of drug-likeness (QED) is 0.819. The molecule has 1 nitrogen and oxygen atoms in total.